The summed E-state index contributed by atoms with van der Waals surface area (Å²) in [5.74, 6) is 0.857. The van der Waals surface area contributed by atoms with Crippen LogP contribution in [0.4, 0.5) is 0 Å². The minimum Gasteiger partial charge on any atom is -0.491 e. The van der Waals surface area contributed by atoms with Gasteiger partial charge in [0.2, 0.25) is 0 Å². The van der Waals surface area contributed by atoms with Gasteiger partial charge in [0.25, 0.3) is 5.56 Å². The van der Waals surface area contributed by atoms with Gasteiger partial charge in [0, 0.05) is 5.56 Å². The smallest absolute Gasteiger partial charge is 0.338 e. The van der Waals surface area contributed by atoms with Gasteiger partial charge in [0.15, 0.2) is 4.80 Å². The number of carbonyl (C=O) groups excluding carboxylic acids is 1. The molecule has 0 fully saturated rings. The molecule has 0 spiro atoms. The molecule has 226 valence electrons. The van der Waals surface area contributed by atoms with Crippen molar-refractivity contribution in [1.29, 1.82) is 0 Å². The van der Waals surface area contributed by atoms with E-state index in [4.69, 9.17) is 19.2 Å². The van der Waals surface area contributed by atoms with E-state index in [1.807, 2.05) is 98.8 Å². The molecule has 0 aliphatic carbocycles. The molecule has 7 nitrogen and oxygen atoms in total. The molecule has 1 aliphatic rings. The summed E-state index contributed by atoms with van der Waals surface area (Å²) in [5.41, 5.74) is 4.17. The maximum Gasteiger partial charge on any atom is 0.338 e. The number of fused-ring (bicyclic) bond motifs is 1. The zero-order valence-electron chi connectivity index (χ0n) is 25.4. The highest BCUT2D eigenvalue weighted by molar-refractivity contribution is 7.07. The molecule has 3 aromatic carbocycles. The van der Waals surface area contributed by atoms with Crippen LogP contribution in [-0.2, 0) is 22.6 Å². The maximum absolute atomic E-state index is 14.1. The van der Waals surface area contributed by atoms with Gasteiger partial charge in [0.1, 0.15) is 24.1 Å². The lowest BCUT2D eigenvalue weighted by atomic mass is 9.95. The van der Waals surface area contributed by atoms with Crippen molar-refractivity contribution >= 4 is 23.4 Å². The van der Waals surface area contributed by atoms with E-state index in [1.54, 1.807) is 18.4 Å². The Kier molecular flexibility index (Phi) is 9.60. The molecule has 0 bridgehead atoms. The number of rotatable bonds is 11. The Hall–Kier alpha value is -4.69. The lowest BCUT2D eigenvalue weighted by molar-refractivity contribution is -0.139. The molecule has 0 saturated heterocycles. The number of thiazole rings is 1. The van der Waals surface area contributed by atoms with Gasteiger partial charge in [-0.2, -0.15) is 0 Å². The predicted molar refractivity (Wildman–Crippen MR) is 174 cm³/mol. The first-order valence-electron chi connectivity index (χ1n) is 14.7. The molecule has 1 atom stereocenters. The highest BCUT2D eigenvalue weighted by Gasteiger charge is 2.35. The topological polar surface area (TPSA) is 79.1 Å². The average molecular weight is 609 g/mol. The third-order valence-corrected chi connectivity index (χ3v) is 8.06. The zero-order chi connectivity index (χ0) is 31.2. The largest absolute Gasteiger partial charge is 0.491 e. The van der Waals surface area contributed by atoms with E-state index >= 15 is 0 Å². The second-order valence-corrected chi connectivity index (χ2v) is 11.7. The van der Waals surface area contributed by atoms with Gasteiger partial charge >= 0.3 is 5.97 Å². The Morgan fingerprint density at radius 2 is 1.82 bits per heavy atom. The van der Waals surface area contributed by atoms with Crippen LogP contribution < -0.4 is 24.4 Å². The number of aromatic nitrogens is 1. The Balaban J connectivity index is 1.60. The molecule has 1 aliphatic heterocycles. The first-order valence-corrected chi connectivity index (χ1v) is 15.5. The quantitative estimate of drug-likeness (QED) is 0.157. The van der Waals surface area contributed by atoms with E-state index in [0.717, 1.165) is 22.4 Å². The van der Waals surface area contributed by atoms with Crippen LogP contribution in [0.3, 0.4) is 0 Å². The third-order valence-electron chi connectivity index (χ3n) is 7.08. The number of para-hydroxylation sites is 1. The minimum atomic E-state index is -0.757. The van der Waals surface area contributed by atoms with Crippen LogP contribution in [0.2, 0.25) is 0 Å². The Morgan fingerprint density at radius 1 is 1.07 bits per heavy atom. The molecule has 8 heteroatoms. The molecule has 0 saturated carbocycles. The summed E-state index contributed by atoms with van der Waals surface area (Å²) in [6, 6.07) is 22.6. The van der Waals surface area contributed by atoms with Gasteiger partial charge in [-0.15, -0.1) is 6.58 Å². The SMILES string of the molecule is C=CCc1cc(/C=c2/sc3n(c2=O)[C@@H](c2ccccc2OC(C)C)C(C(=O)OCC)=C(C)N=3)ccc1OCc1ccccc1. The number of nitrogens with zero attached hydrogens (tertiary/aromatic N) is 2. The third kappa shape index (κ3) is 6.60. The number of esters is 1. The van der Waals surface area contributed by atoms with Crippen LogP contribution in [0.5, 0.6) is 11.5 Å². The second-order valence-electron chi connectivity index (χ2n) is 10.6. The van der Waals surface area contributed by atoms with Crippen molar-refractivity contribution in [1.82, 2.24) is 4.57 Å². The van der Waals surface area contributed by atoms with E-state index in [0.29, 0.717) is 44.9 Å². The van der Waals surface area contributed by atoms with Gasteiger partial charge in [-0.25, -0.2) is 9.79 Å². The predicted octanol–water partition coefficient (Wildman–Crippen LogP) is 5.89. The first-order chi connectivity index (χ1) is 21.3. The summed E-state index contributed by atoms with van der Waals surface area (Å²) in [6.07, 6.45) is 4.20. The van der Waals surface area contributed by atoms with Gasteiger partial charge in [0.05, 0.1) is 28.5 Å². The van der Waals surface area contributed by atoms with E-state index < -0.39 is 12.0 Å². The molecule has 0 amide bonds. The van der Waals surface area contributed by atoms with Crippen molar-refractivity contribution < 1.29 is 19.0 Å². The molecular weight excluding hydrogens is 572 g/mol. The first kappa shape index (κ1) is 30.8. The minimum absolute atomic E-state index is 0.104. The van der Waals surface area contributed by atoms with Gasteiger partial charge in [-0.3, -0.25) is 9.36 Å². The fourth-order valence-electron chi connectivity index (χ4n) is 5.19. The van der Waals surface area contributed by atoms with Gasteiger partial charge in [-0.1, -0.05) is 72.0 Å². The Morgan fingerprint density at radius 3 is 2.55 bits per heavy atom. The highest BCUT2D eigenvalue weighted by atomic mass is 32.1. The summed E-state index contributed by atoms with van der Waals surface area (Å²) in [5, 5.41) is 0. The van der Waals surface area contributed by atoms with Crippen molar-refractivity contribution in [2.75, 3.05) is 6.61 Å². The number of ether oxygens (including phenoxy) is 3. The summed E-state index contributed by atoms with van der Waals surface area (Å²) < 4.78 is 19.8. The van der Waals surface area contributed by atoms with Crippen LogP contribution in [0, 0.1) is 0 Å². The Labute approximate surface area is 261 Å². The van der Waals surface area contributed by atoms with E-state index in [-0.39, 0.29) is 18.3 Å². The van der Waals surface area contributed by atoms with Crippen LogP contribution in [-0.4, -0.2) is 23.2 Å². The molecule has 44 heavy (non-hydrogen) atoms. The fraction of sp³-hybridized carbons (Fsp3) is 0.250. The van der Waals surface area contributed by atoms with Crippen LogP contribution in [0.1, 0.15) is 56.0 Å². The second kappa shape index (κ2) is 13.7. The summed E-state index contributed by atoms with van der Waals surface area (Å²) in [7, 11) is 0. The summed E-state index contributed by atoms with van der Waals surface area (Å²) in [6.45, 7) is 12.0. The lowest BCUT2D eigenvalue weighted by Crippen LogP contribution is -2.40. The molecule has 0 N–H and O–H groups in total. The molecule has 0 unspecified atom stereocenters. The van der Waals surface area contributed by atoms with Crippen LogP contribution >= 0.6 is 11.3 Å². The van der Waals surface area contributed by atoms with Crippen molar-refractivity contribution in [3.63, 3.8) is 0 Å². The highest BCUT2D eigenvalue weighted by Crippen LogP contribution is 2.36. The Bertz CT molecular complexity index is 1890. The fourth-order valence-corrected chi connectivity index (χ4v) is 6.23. The normalized spacial score (nSPS) is 14.7. The average Bonchev–Trinajstić information content (AvgIpc) is 3.30. The summed E-state index contributed by atoms with van der Waals surface area (Å²) >= 11 is 1.29. The maximum atomic E-state index is 14.1. The van der Waals surface area contributed by atoms with E-state index in [1.165, 1.54) is 11.3 Å². The number of hydrogen-bond donors (Lipinski definition) is 0. The van der Waals surface area contributed by atoms with Gasteiger partial charge in [-0.05, 0) is 75.1 Å². The molecule has 1 aromatic heterocycles. The van der Waals surface area contributed by atoms with Crippen LogP contribution in [0.25, 0.3) is 6.08 Å². The monoisotopic (exact) mass is 608 g/mol. The van der Waals surface area contributed by atoms with Crippen molar-refractivity contribution in [2.24, 2.45) is 4.99 Å². The van der Waals surface area contributed by atoms with E-state index in [2.05, 4.69) is 6.58 Å². The summed E-state index contributed by atoms with van der Waals surface area (Å²) in [4.78, 5) is 32.6. The van der Waals surface area contributed by atoms with Crippen molar-refractivity contribution in [3.05, 3.63) is 139 Å². The zero-order valence-corrected chi connectivity index (χ0v) is 26.2. The van der Waals surface area contributed by atoms with Crippen molar-refractivity contribution in [2.45, 2.75) is 52.9 Å². The molecular formula is C36H36N2O5S. The number of benzene rings is 3. The number of hydrogen-bond acceptors (Lipinski definition) is 7. The van der Waals surface area contributed by atoms with Gasteiger partial charge < -0.3 is 14.2 Å². The number of carbonyl (C=O) groups is 1. The lowest BCUT2D eigenvalue weighted by Gasteiger charge is -2.26. The van der Waals surface area contributed by atoms with E-state index in [9.17, 15) is 9.59 Å². The van der Waals surface area contributed by atoms with Crippen molar-refractivity contribution in [3.8, 4) is 11.5 Å². The number of allylic oxidation sites excluding steroid dienone is 2. The van der Waals surface area contributed by atoms with Crippen LogP contribution in [0.15, 0.2) is 107 Å². The molecule has 0 radical (unpaired) electrons. The molecule has 2 heterocycles. The standard InChI is InChI=1S/C36H36N2O5S/c1-6-13-27-20-26(18-19-29(27)42-22-25-14-9-8-10-15-25)21-31-34(39)38-33(28-16-11-12-17-30(28)43-23(3)4)32(35(40)41-7-2)24(5)37-36(38)44-31/h6,8-12,14-21,23,33H,1,7,13,22H2,2-5H3/b31-21+/t33-/m0/s1. The molecule has 4 aromatic rings. The molecule has 5 rings (SSSR count).